The number of fused-ring (bicyclic) bond motifs is 1. The van der Waals surface area contributed by atoms with Crippen molar-refractivity contribution in [2.45, 2.75) is 102 Å². The first-order chi connectivity index (χ1) is 13.3. The molecular weight excluding hydrogens is 348 g/mol. The molecule has 1 aliphatic heterocycles. The summed E-state index contributed by atoms with van der Waals surface area (Å²) >= 11 is 1.32. The third kappa shape index (κ3) is 4.47. The van der Waals surface area contributed by atoms with Crippen molar-refractivity contribution >= 4 is 17.2 Å². The topological polar surface area (TPSA) is 9.23 Å². The van der Waals surface area contributed by atoms with Gasteiger partial charge in [0.25, 0.3) is 0 Å². The monoisotopic (exact) mass is 388 g/mol. The van der Waals surface area contributed by atoms with E-state index in [1.54, 1.807) is 5.57 Å². The third-order valence-electron chi connectivity index (χ3n) is 7.89. The standard InChI is InChI=1S/C25H40OS/c1-27-18-8-9-20-14-15-24-21(19-20)16-17-25(26-24,22-10-4-2-5-11-22)23-12-6-3-7-13-23/h4,10,12,20-22,24,27H,1-3,5-9,11,13-19H2. The van der Waals surface area contributed by atoms with Crippen molar-refractivity contribution in [3.63, 3.8) is 0 Å². The largest absolute Gasteiger partial charge is 0.367 e. The lowest BCUT2D eigenvalue weighted by atomic mass is 9.65. The zero-order valence-corrected chi connectivity index (χ0v) is 18.1. The van der Waals surface area contributed by atoms with Crippen LogP contribution in [0, 0.1) is 17.8 Å². The lowest BCUT2D eigenvalue weighted by molar-refractivity contribution is -0.171. The number of ether oxygens (including phenoxy) is 1. The zero-order valence-electron chi connectivity index (χ0n) is 17.2. The van der Waals surface area contributed by atoms with Crippen molar-refractivity contribution in [2.24, 2.45) is 17.8 Å². The van der Waals surface area contributed by atoms with Gasteiger partial charge in [0.1, 0.15) is 0 Å². The molecule has 27 heavy (non-hydrogen) atoms. The average molecular weight is 389 g/mol. The minimum atomic E-state index is 0.0537. The molecule has 2 heteroatoms. The summed E-state index contributed by atoms with van der Waals surface area (Å²) in [4.78, 5) is 0. The molecule has 0 spiro atoms. The van der Waals surface area contributed by atoms with Gasteiger partial charge in [0.15, 0.2) is 0 Å². The van der Waals surface area contributed by atoms with E-state index in [0.717, 1.165) is 11.8 Å². The molecular formula is C25H40OS. The Hall–Kier alpha value is -0.340. The van der Waals surface area contributed by atoms with Crippen molar-refractivity contribution in [1.29, 1.82) is 0 Å². The molecule has 1 saturated carbocycles. The highest BCUT2D eigenvalue weighted by molar-refractivity contribution is 7.96. The van der Waals surface area contributed by atoms with Crippen LogP contribution in [0.1, 0.15) is 89.9 Å². The molecule has 3 aliphatic carbocycles. The SMILES string of the molecule is C=[SH]CCCC1CCC2OC(C3=CCCCC3)(C3C=CCCC3)CCC2C1. The molecule has 4 aliphatic rings. The quantitative estimate of drug-likeness (QED) is 0.226. The maximum Gasteiger partial charge on any atom is 0.0957 e. The van der Waals surface area contributed by atoms with Crippen molar-refractivity contribution < 1.29 is 4.74 Å². The molecule has 4 rings (SSSR count). The first-order valence-electron chi connectivity index (χ1n) is 11.8. The Morgan fingerprint density at radius 2 is 2.07 bits per heavy atom. The normalized spacial score (nSPS) is 39.6. The molecule has 1 saturated heterocycles. The molecule has 0 N–H and O–H groups in total. The maximum atomic E-state index is 7.20. The van der Waals surface area contributed by atoms with Crippen molar-refractivity contribution in [1.82, 2.24) is 0 Å². The number of thiol groups is 1. The van der Waals surface area contributed by atoms with Crippen LogP contribution in [-0.4, -0.2) is 23.3 Å². The molecule has 152 valence electrons. The third-order valence-corrected chi connectivity index (χ3v) is 8.52. The van der Waals surface area contributed by atoms with Gasteiger partial charge in [-0.2, -0.15) is 0 Å². The second-order valence-corrected chi connectivity index (χ2v) is 10.4. The van der Waals surface area contributed by atoms with Gasteiger partial charge in [-0.15, -0.1) is 0 Å². The molecule has 5 unspecified atom stereocenters. The first-order valence-corrected chi connectivity index (χ1v) is 13.0. The summed E-state index contributed by atoms with van der Waals surface area (Å²) < 4.78 is 7.20. The van der Waals surface area contributed by atoms with Gasteiger partial charge in [-0.3, -0.25) is 0 Å². The Morgan fingerprint density at radius 3 is 2.85 bits per heavy atom. The van der Waals surface area contributed by atoms with E-state index in [1.807, 2.05) is 0 Å². The van der Waals surface area contributed by atoms with E-state index < -0.39 is 0 Å². The summed E-state index contributed by atoms with van der Waals surface area (Å²) in [6.07, 6.45) is 26.9. The van der Waals surface area contributed by atoms with Crippen LogP contribution in [0.5, 0.6) is 0 Å². The minimum absolute atomic E-state index is 0.0537. The molecule has 0 radical (unpaired) electrons. The summed E-state index contributed by atoms with van der Waals surface area (Å²) in [5, 5.41) is 0. The summed E-state index contributed by atoms with van der Waals surface area (Å²) in [5.41, 5.74) is 1.73. The summed E-state index contributed by atoms with van der Waals surface area (Å²) in [6, 6.07) is 0. The van der Waals surface area contributed by atoms with Gasteiger partial charge in [-0.1, -0.05) is 24.1 Å². The smallest absolute Gasteiger partial charge is 0.0957 e. The lowest BCUT2D eigenvalue weighted by Gasteiger charge is -2.53. The Balaban J connectivity index is 1.47. The minimum Gasteiger partial charge on any atom is -0.367 e. The Labute approximate surface area is 171 Å². The van der Waals surface area contributed by atoms with Crippen LogP contribution in [0.4, 0.5) is 0 Å². The molecule has 1 nitrogen and oxygen atoms in total. The van der Waals surface area contributed by atoms with Gasteiger partial charge >= 0.3 is 0 Å². The highest BCUT2D eigenvalue weighted by Crippen LogP contribution is 2.51. The van der Waals surface area contributed by atoms with E-state index in [0.29, 0.717) is 12.0 Å². The second-order valence-electron chi connectivity index (χ2n) is 9.55. The summed E-state index contributed by atoms with van der Waals surface area (Å²) in [5.74, 6) is 7.67. The fourth-order valence-corrected chi connectivity index (χ4v) is 6.85. The van der Waals surface area contributed by atoms with E-state index in [2.05, 4.69) is 24.1 Å². The predicted octanol–water partition coefficient (Wildman–Crippen LogP) is 6.85. The maximum absolute atomic E-state index is 7.20. The van der Waals surface area contributed by atoms with E-state index in [9.17, 15) is 0 Å². The summed E-state index contributed by atoms with van der Waals surface area (Å²) in [7, 11) is 0. The van der Waals surface area contributed by atoms with Gasteiger partial charge in [-0.25, -0.2) is 11.4 Å². The Morgan fingerprint density at radius 1 is 1.11 bits per heavy atom. The fourth-order valence-electron chi connectivity index (χ4n) is 6.45. The number of rotatable bonds is 6. The van der Waals surface area contributed by atoms with Crippen LogP contribution in [0.25, 0.3) is 0 Å². The molecule has 0 aromatic carbocycles. The van der Waals surface area contributed by atoms with Gasteiger partial charge in [0.2, 0.25) is 0 Å². The van der Waals surface area contributed by atoms with Crippen LogP contribution in [0.3, 0.4) is 0 Å². The molecule has 0 amide bonds. The van der Waals surface area contributed by atoms with Gasteiger partial charge < -0.3 is 4.74 Å². The molecule has 1 heterocycles. The molecule has 0 bridgehead atoms. The average Bonchev–Trinajstić information content (AvgIpc) is 2.75. The van der Waals surface area contributed by atoms with Gasteiger partial charge in [0.05, 0.1) is 11.7 Å². The number of allylic oxidation sites excluding steroid dienone is 2. The number of hydrogen-bond donors (Lipinski definition) is 1. The molecule has 0 aromatic heterocycles. The van der Waals surface area contributed by atoms with Crippen LogP contribution in [-0.2, 0) is 4.74 Å². The molecule has 2 fully saturated rings. The first kappa shape index (κ1) is 20.0. The highest BCUT2D eigenvalue weighted by atomic mass is 32.1. The number of hydrogen-bond acceptors (Lipinski definition) is 1. The molecule has 0 aromatic rings. The van der Waals surface area contributed by atoms with Crippen LogP contribution < -0.4 is 0 Å². The Bertz CT molecular complexity index is 565. The summed E-state index contributed by atoms with van der Waals surface area (Å²) in [6.45, 7) is 0. The van der Waals surface area contributed by atoms with Crippen molar-refractivity contribution in [2.75, 3.05) is 5.75 Å². The van der Waals surface area contributed by atoms with E-state index in [-0.39, 0.29) is 5.60 Å². The fraction of sp³-hybridized carbons (Fsp3) is 0.800. The van der Waals surface area contributed by atoms with Crippen LogP contribution in [0.15, 0.2) is 23.8 Å². The van der Waals surface area contributed by atoms with Gasteiger partial charge in [0, 0.05) is 5.92 Å². The van der Waals surface area contributed by atoms with Crippen LogP contribution in [0.2, 0.25) is 0 Å². The predicted molar refractivity (Wildman–Crippen MR) is 121 cm³/mol. The highest BCUT2D eigenvalue weighted by Gasteiger charge is 2.49. The molecule has 5 atom stereocenters. The second kappa shape index (κ2) is 9.44. The van der Waals surface area contributed by atoms with Crippen molar-refractivity contribution in [3.8, 4) is 0 Å². The Kier molecular flexibility index (Phi) is 6.98. The zero-order chi connectivity index (χ0) is 18.5. The lowest BCUT2D eigenvalue weighted by Crippen LogP contribution is -2.52. The van der Waals surface area contributed by atoms with Crippen LogP contribution >= 0.6 is 11.4 Å². The van der Waals surface area contributed by atoms with E-state index >= 15 is 0 Å². The van der Waals surface area contributed by atoms with Gasteiger partial charge in [-0.05, 0) is 113 Å². The van der Waals surface area contributed by atoms with E-state index in [4.69, 9.17) is 4.74 Å². The van der Waals surface area contributed by atoms with E-state index in [1.165, 1.54) is 107 Å². The van der Waals surface area contributed by atoms with Crippen molar-refractivity contribution in [3.05, 3.63) is 23.8 Å².